The number of hydrogen-bond donors (Lipinski definition) is 3. The lowest BCUT2D eigenvalue weighted by Gasteiger charge is -2.21. The molecule has 2 aromatic carbocycles. The number of amides is 1. The number of carbonyl (C=O) groups excluding carboxylic acids is 1. The number of aromatic nitrogens is 2. The van der Waals surface area contributed by atoms with Gasteiger partial charge in [0, 0.05) is 14.1 Å². The van der Waals surface area contributed by atoms with Crippen LogP contribution in [0.1, 0.15) is 5.82 Å². The molecule has 3 rings (SSSR count). The molecule has 0 aliphatic carbocycles. The van der Waals surface area contributed by atoms with Crippen LogP contribution in [0, 0.1) is 17.5 Å². The van der Waals surface area contributed by atoms with Gasteiger partial charge in [-0.15, -0.1) is 0 Å². The lowest BCUT2D eigenvalue weighted by atomic mass is 10.2. The molecule has 3 N–H and O–H groups in total. The number of halogens is 3. The van der Waals surface area contributed by atoms with Crippen LogP contribution in [0.2, 0.25) is 0 Å². The van der Waals surface area contributed by atoms with E-state index in [1.807, 2.05) is 30.3 Å². The lowest BCUT2D eigenvalue weighted by Crippen LogP contribution is -2.42. The van der Waals surface area contributed by atoms with Crippen LogP contribution in [-0.2, 0) is 11.3 Å². The number of rotatable bonds is 6. The summed E-state index contributed by atoms with van der Waals surface area (Å²) in [6, 6.07) is 11.4. The van der Waals surface area contributed by atoms with E-state index in [1.54, 1.807) is 25.2 Å². The minimum atomic E-state index is -1.64. The van der Waals surface area contributed by atoms with Gasteiger partial charge in [0.25, 0.3) is 0 Å². The normalized spacial score (nSPS) is 11.3. The molecule has 31 heavy (non-hydrogen) atoms. The molecule has 0 atom stereocenters. The molecular weight excluding hydrogens is 409 g/mol. The first-order chi connectivity index (χ1) is 14.9. The molecule has 0 bridgehead atoms. The number of aliphatic imine (C=N–C) groups is 1. The predicted octanol–water partition coefficient (Wildman–Crippen LogP) is 3.14. The zero-order valence-corrected chi connectivity index (χ0v) is 16.9. The Morgan fingerprint density at radius 3 is 2.58 bits per heavy atom. The second-order valence-electron chi connectivity index (χ2n) is 6.64. The Balaban J connectivity index is 1.56. The Labute approximate surface area is 177 Å². The molecule has 0 saturated heterocycles. The largest absolute Gasteiger partial charge is 0.347 e. The van der Waals surface area contributed by atoms with Crippen molar-refractivity contribution in [2.45, 2.75) is 6.54 Å². The van der Waals surface area contributed by atoms with Crippen molar-refractivity contribution >= 4 is 17.6 Å². The number of hydrogen-bond acceptors (Lipinski definition) is 3. The summed E-state index contributed by atoms with van der Waals surface area (Å²) in [7, 11) is 3.30. The zero-order valence-electron chi connectivity index (χ0n) is 16.9. The van der Waals surface area contributed by atoms with E-state index in [2.05, 4.69) is 25.6 Å². The summed E-state index contributed by atoms with van der Waals surface area (Å²) in [4.78, 5) is 25.5. The highest BCUT2D eigenvalue weighted by Gasteiger charge is 2.16. The Kier molecular flexibility index (Phi) is 6.91. The standard InChI is InChI=1S/C21H21F3N6O/c1-25-21(27-11-18(31)29-15-9-8-14(22)19(23)20(15)24)30(2)12-17-26-10-16(28-17)13-6-4-3-5-7-13/h3-10H,11-12H2,1-2H3,(H,25,27)(H,26,28)(H,29,31). The molecule has 0 fully saturated rings. The van der Waals surface area contributed by atoms with Gasteiger partial charge in [0.2, 0.25) is 5.91 Å². The van der Waals surface area contributed by atoms with Gasteiger partial charge >= 0.3 is 0 Å². The van der Waals surface area contributed by atoms with Crippen molar-refractivity contribution in [3.63, 3.8) is 0 Å². The molecule has 1 heterocycles. The third-order valence-corrected chi connectivity index (χ3v) is 4.39. The molecular formula is C21H21F3N6O. The number of aromatic amines is 1. The highest BCUT2D eigenvalue weighted by molar-refractivity contribution is 5.95. The Morgan fingerprint density at radius 2 is 1.87 bits per heavy atom. The van der Waals surface area contributed by atoms with Gasteiger partial charge in [0.15, 0.2) is 23.4 Å². The van der Waals surface area contributed by atoms with E-state index < -0.39 is 29.0 Å². The maximum atomic E-state index is 13.7. The van der Waals surface area contributed by atoms with Crippen LogP contribution in [0.4, 0.5) is 18.9 Å². The number of imidazole rings is 1. The van der Waals surface area contributed by atoms with Crippen LogP contribution < -0.4 is 10.6 Å². The van der Waals surface area contributed by atoms with Crippen molar-refractivity contribution in [2.75, 3.05) is 26.0 Å². The fourth-order valence-corrected chi connectivity index (χ4v) is 2.87. The smallest absolute Gasteiger partial charge is 0.243 e. The van der Waals surface area contributed by atoms with Crippen molar-refractivity contribution in [2.24, 2.45) is 4.99 Å². The van der Waals surface area contributed by atoms with E-state index in [0.717, 1.165) is 23.4 Å². The van der Waals surface area contributed by atoms with E-state index in [4.69, 9.17) is 0 Å². The summed E-state index contributed by atoms with van der Waals surface area (Å²) >= 11 is 0. The maximum Gasteiger partial charge on any atom is 0.243 e. The summed E-state index contributed by atoms with van der Waals surface area (Å²) < 4.78 is 40.0. The number of nitrogens with one attached hydrogen (secondary N) is 3. The molecule has 1 aromatic heterocycles. The summed E-state index contributed by atoms with van der Waals surface area (Å²) in [5, 5.41) is 5.02. The van der Waals surface area contributed by atoms with Crippen LogP contribution in [0.3, 0.4) is 0 Å². The van der Waals surface area contributed by atoms with E-state index in [0.29, 0.717) is 18.3 Å². The van der Waals surface area contributed by atoms with Gasteiger partial charge in [0.1, 0.15) is 5.82 Å². The quantitative estimate of drug-likeness (QED) is 0.319. The van der Waals surface area contributed by atoms with E-state index >= 15 is 0 Å². The minimum Gasteiger partial charge on any atom is -0.347 e. The van der Waals surface area contributed by atoms with Crippen molar-refractivity contribution in [3.05, 3.63) is 71.9 Å². The molecule has 0 aliphatic heterocycles. The molecule has 1 amide bonds. The highest BCUT2D eigenvalue weighted by Crippen LogP contribution is 2.19. The van der Waals surface area contributed by atoms with Crippen molar-refractivity contribution < 1.29 is 18.0 Å². The summed E-state index contributed by atoms with van der Waals surface area (Å²) in [6.45, 7) is 0.120. The van der Waals surface area contributed by atoms with Gasteiger partial charge < -0.3 is 20.5 Å². The number of carbonyl (C=O) groups is 1. The van der Waals surface area contributed by atoms with E-state index in [9.17, 15) is 18.0 Å². The van der Waals surface area contributed by atoms with Crippen LogP contribution in [0.5, 0.6) is 0 Å². The molecule has 0 unspecified atom stereocenters. The SMILES string of the molecule is CN=C(NCC(=O)Nc1ccc(F)c(F)c1F)N(C)Cc1ncc(-c2ccccc2)[nH]1. The number of H-pyrrole nitrogens is 1. The Bertz CT molecular complexity index is 1080. The predicted molar refractivity (Wildman–Crippen MR) is 112 cm³/mol. The van der Waals surface area contributed by atoms with Gasteiger partial charge in [0.05, 0.1) is 30.7 Å². The van der Waals surface area contributed by atoms with Gasteiger partial charge in [-0.2, -0.15) is 0 Å². The Hall–Kier alpha value is -3.82. The second-order valence-corrected chi connectivity index (χ2v) is 6.64. The lowest BCUT2D eigenvalue weighted by molar-refractivity contribution is -0.115. The minimum absolute atomic E-state index is 0.261. The van der Waals surface area contributed by atoms with Crippen molar-refractivity contribution in [1.82, 2.24) is 20.2 Å². The average Bonchev–Trinajstić information content (AvgIpc) is 3.23. The van der Waals surface area contributed by atoms with Crippen molar-refractivity contribution in [1.29, 1.82) is 0 Å². The number of guanidine groups is 1. The molecule has 3 aromatic rings. The first-order valence-corrected chi connectivity index (χ1v) is 9.33. The van der Waals surface area contributed by atoms with Gasteiger partial charge in [-0.3, -0.25) is 9.79 Å². The Morgan fingerprint density at radius 1 is 1.13 bits per heavy atom. The van der Waals surface area contributed by atoms with Gasteiger partial charge in [-0.1, -0.05) is 30.3 Å². The topological polar surface area (TPSA) is 85.4 Å². The maximum absolute atomic E-state index is 13.7. The van der Waals surface area contributed by atoms with E-state index in [1.165, 1.54) is 0 Å². The second kappa shape index (κ2) is 9.79. The highest BCUT2D eigenvalue weighted by atomic mass is 19.2. The first kappa shape index (κ1) is 21.9. The molecule has 0 radical (unpaired) electrons. The molecule has 7 nitrogen and oxygen atoms in total. The number of anilines is 1. The van der Waals surface area contributed by atoms with Crippen molar-refractivity contribution in [3.8, 4) is 11.3 Å². The zero-order chi connectivity index (χ0) is 22.4. The molecule has 0 saturated carbocycles. The van der Waals surface area contributed by atoms with Crippen LogP contribution in [0.15, 0.2) is 53.7 Å². The molecule has 10 heteroatoms. The average molecular weight is 430 g/mol. The third kappa shape index (κ3) is 5.41. The number of nitrogens with zero attached hydrogens (tertiary/aromatic N) is 3. The summed E-state index contributed by atoms with van der Waals surface area (Å²) in [6.07, 6.45) is 1.73. The fourth-order valence-electron chi connectivity index (χ4n) is 2.87. The molecule has 162 valence electrons. The summed E-state index contributed by atoms with van der Waals surface area (Å²) in [5.74, 6) is -4.00. The van der Waals surface area contributed by atoms with Gasteiger partial charge in [-0.05, 0) is 17.7 Å². The summed E-state index contributed by atoms with van der Waals surface area (Å²) in [5.41, 5.74) is 1.44. The van der Waals surface area contributed by atoms with Crippen LogP contribution in [0.25, 0.3) is 11.3 Å². The van der Waals surface area contributed by atoms with Gasteiger partial charge in [-0.25, -0.2) is 18.2 Å². The first-order valence-electron chi connectivity index (χ1n) is 9.33. The third-order valence-electron chi connectivity index (χ3n) is 4.39. The molecule has 0 spiro atoms. The fraction of sp³-hybridized carbons (Fsp3) is 0.190. The van der Waals surface area contributed by atoms with Crippen LogP contribution in [-0.4, -0.2) is 47.4 Å². The molecule has 0 aliphatic rings. The monoisotopic (exact) mass is 430 g/mol. The van der Waals surface area contributed by atoms with E-state index in [-0.39, 0.29) is 6.54 Å². The van der Waals surface area contributed by atoms with Crippen LogP contribution >= 0.6 is 0 Å². The number of benzene rings is 2.